The highest BCUT2D eigenvalue weighted by atomic mass is 16.6. The van der Waals surface area contributed by atoms with Gasteiger partial charge in [-0.1, -0.05) is 18.2 Å². The number of aliphatic hydroxyl groups excluding tert-OH is 1. The Kier molecular flexibility index (Phi) is 4.95. The number of nitrogens with zero attached hydrogens (tertiary/aromatic N) is 1. The van der Waals surface area contributed by atoms with Crippen LogP contribution in [0.4, 0.5) is 5.69 Å². The van der Waals surface area contributed by atoms with E-state index >= 15 is 0 Å². The minimum absolute atomic E-state index is 0.0752. The molecule has 130 valence electrons. The normalized spacial score (nSPS) is 22.4. The molecule has 1 amide bonds. The first kappa shape index (κ1) is 16.9. The number of carbonyl (C=O) groups excluding carboxylic acids is 1. The van der Waals surface area contributed by atoms with Crippen LogP contribution in [0.5, 0.6) is 5.75 Å². The molecule has 0 aliphatic heterocycles. The third-order valence-electron chi connectivity index (χ3n) is 4.24. The molecule has 0 bridgehead atoms. The minimum atomic E-state index is -0.817. The monoisotopic (exact) mass is 342 g/mol. The molecule has 3 rings (SSSR count). The third kappa shape index (κ3) is 3.95. The molecule has 3 atom stereocenters. The smallest absolute Gasteiger partial charge is 0.269 e. The van der Waals surface area contributed by atoms with Crippen molar-refractivity contribution in [3.8, 4) is 5.75 Å². The van der Waals surface area contributed by atoms with Gasteiger partial charge in [-0.25, -0.2) is 0 Å². The number of non-ortho nitro benzene ring substituents is 1. The van der Waals surface area contributed by atoms with Gasteiger partial charge in [0.25, 0.3) is 11.6 Å². The van der Waals surface area contributed by atoms with Gasteiger partial charge in [0.05, 0.1) is 11.0 Å². The van der Waals surface area contributed by atoms with Gasteiger partial charge in [-0.15, -0.1) is 0 Å². The Bertz CT molecular complexity index is 748. The van der Waals surface area contributed by atoms with Crippen LogP contribution < -0.4 is 10.1 Å². The molecule has 0 radical (unpaired) electrons. The van der Waals surface area contributed by atoms with E-state index in [2.05, 4.69) is 5.32 Å². The van der Waals surface area contributed by atoms with Gasteiger partial charge in [-0.2, -0.15) is 0 Å². The van der Waals surface area contributed by atoms with Crippen LogP contribution in [0.3, 0.4) is 0 Å². The molecule has 25 heavy (non-hydrogen) atoms. The average molecular weight is 342 g/mol. The predicted octanol–water partition coefficient (Wildman–Crippen LogP) is 2.30. The fourth-order valence-electron chi connectivity index (χ4n) is 2.89. The van der Waals surface area contributed by atoms with Crippen molar-refractivity contribution in [2.75, 3.05) is 0 Å². The molecule has 7 heteroatoms. The number of ether oxygens (including phenoxy) is 1. The van der Waals surface area contributed by atoms with E-state index in [-0.39, 0.29) is 17.7 Å². The molecule has 2 aromatic rings. The maximum absolute atomic E-state index is 12.3. The summed E-state index contributed by atoms with van der Waals surface area (Å²) in [4.78, 5) is 22.4. The van der Waals surface area contributed by atoms with Crippen molar-refractivity contribution in [1.29, 1.82) is 0 Å². The summed E-state index contributed by atoms with van der Waals surface area (Å²) >= 11 is 0. The number of amides is 1. The maximum Gasteiger partial charge on any atom is 0.269 e. The van der Waals surface area contributed by atoms with E-state index in [1.807, 2.05) is 30.3 Å². The SMILES string of the molecule is O=C(NC1CCC(Oc2ccccc2)C1O)c1ccc([N+](=O)[O-])cc1. The van der Waals surface area contributed by atoms with Crippen molar-refractivity contribution < 1.29 is 19.6 Å². The first-order chi connectivity index (χ1) is 12.0. The molecule has 1 saturated carbocycles. The third-order valence-corrected chi connectivity index (χ3v) is 4.24. The van der Waals surface area contributed by atoms with E-state index in [0.717, 1.165) is 0 Å². The van der Waals surface area contributed by atoms with Crippen molar-refractivity contribution in [2.24, 2.45) is 0 Å². The van der Waals surface area contributed by atoms with Crippen LogP contribution in [-0.4, -0.2) is 34.2 Å². The minimum Gasteiger partial charge on any atom is -0.488 e. The van der Waals surface area contributed by atoms with Crippen molar-refractivity contribution in [1.82, 2.24) is 5.32 Å². The second-order valence-electron chi connectivity index (χ2n) is 5.92. The summed E-state index contributed by atoms with van der Waals surface area (Å²) in [7, 11) is 0. The number of carbonyl (C=O) groups is 1. The second kappa shape index (κ2) is 7.31. The molecule has 0 heterocycles. The molecule has 2 N–H and O–H groups in total. The van der Waals surface area contributed by atoms with Crippen LogP contribution >= 0.6 is 0 Å². The quantitative estimate of drug-likeness (QED) is 0.641. The number of aliphatic hydroxyl groups is 1. The summed E-state index contributed by atoms with van der Waals surface area (Å²) < 4.78 is 5.77. The molecule has 1 aliphatic rings. The second-order valence-corrected chi connectivity index (χ2v) is 5.92. The molecule has 1 fully saturated rings. The Hall–Kier alpha value is -2.93. The molecule has 0 saturated heterocycles. The van der Waals surface area contributed by atoms with E-state index < -0.39 is 17.1 Å². The first-order valence-electron chi connectivity index (χ1n) is 7.99. The van der Waals surface area contributed by atoms with Gasteiger partial charge < -0.3 is 15.2 Å². The fourth-order valence-corrected chi connectivity index (χ4v) is 2.89. The predicted molar refractivity (Wildman–Crippen MR) is 90.4 cm³/mol. The zero-order valence-corrected chi connectivity index (χ0v) is 13.4. The van der Waals surface area contributed by atoms with E-state index in [4.69, 9.17) is 4.74 Å². The number of benzene rings is 2. The van der Waals surface area contributed by atoms with E-state index in [0.29, 0.717) is 24.2 Å². The lowest BCUT2D eigenvalue weighted by Gasteiger charge is -2.21. The van der Waals surface area contributed by atoms with Crippen LogP contribution in [0, 0.1) is 10.1 Å². The lowest BCUT2D eigenvalue weighted by atomic mass is 10.1. The topological polar surface area (TPSA) is 102 Å². The van der Waals surface area contributed by atoms with Crippen molar-refractivity contribution >= 4 is 11.6 Å². The Morgan fingerprint density at radius 3 is 2.44 bits per heavy atom. The van der Waals surface area contributed by atoms with Gasteiger partial charge in [-0.05, 0) is 37.1 Å². The molecule has 2 aromatic carbocycles. The van der Waals surface area contributed by atoms with Crippen LogP contribution in [0.1, 0.15) is 23.2 Å². The fraction of sp³-hybridized carbons (Fsp3) is 0.278. The zero-order valence-electron chi connectivity index (χ0n) is 13.4. The molecule has 0 aromatic heterocycles. The van der Waals surface area contributed by atoms with Gasteiger partial charge in [0.2, 0.25) is 0 Å². The highest BCUT2D eigenvalue weighted by Gasteiger charge is 2.37. The Balaban J connectivity index is 1.59. The summed E-state index contributed by atoms with van der Waals surface area (Å²) in [5.74, 6) is 0.299. The number of hydrogen-bond donors (Lipinski definition) is 2. The van der Waals surface area contributed by atoms with Crippen molar-refractivity contribution in [3.05, 3.63) is 70.3 Å². The number of nitro groups is 1. The highest BCUT2D eigenvalue weighted by Crippen LogP contribution is 2.25. The van der Waals surface area contributed by atoms with Gasteiger partial charge >= 0.3 is 0 Å². The molecule has 7 nitrogen and oxygen atoms in total. The van der Waals surface area contributed by atoms with Crippen LogP contribution in [0.25, 0.3) is 0 Å². The molecule has 1 aliphatic carbocycles. The van der Waals surface area contributed by atoms with E-state index in [1.54, 1.807) is 0 Å². The van der Waals surface area contributed by atoms with Crippen molar-refractivity contribution in [3.63, 3.8) is 0 Å². The van der Waals surface area contributed by atoms with Crippen LogP contribution in [-0.2, 0) is 0 Å². The highest BCUT2D eigenvalue weighted by molar-refractivity contribution is 5.94. The van der Waals surface area contributed by atoms with Gasteiger partial charge in [0.1, 0.15) is 18.0 Å². The number of hydrogen-bond acceptors (Lipinski definition) is 5. The Morgan fingerprint density at radius 1 is 1.12 bits per heavy atom. The largest absolute Gasteiger partial charge is 0.488 e. The summed E-state index contributed by atoms with van der Waals surface area (Å²) in [6, 6.07) is 14.1. The van der Waals surface area contributed by atoms with E-state index in [9.17, 15) is 20.0 Å². The van der Waals surface area contributed by atoms with Crippen LogP contribution in [0.2, 0.25) is 0 Å². The first-order valence-corrected chi connectivity index (χ1v) is 7.99. The summed E-state index contributed by atoms with van der Waals surface area (Å²) in [6.07, 6.45) is 0.0188. The standard InChI is InChI=1S/C18H18N2O5/c21-17-15(10-11-16(17)25-14-4-2-1-3-5-14)19-18(22)12-6-8-13(9-7-12)20(23)24/h1-9,15-17,21H,10-11H2,(H,19,22). The van der Waals surface area contributed by atoms with E-state index in [1.165, 1.54) is 24.3 Å². The lowest BCUT2D eigenvalue weighted by molar-refractivity contribution is -0.384. The Morgan fingerprint density at radius 2 is 1.80 bits per heavy atom. The van der Waals surface area contributed by atoms with Crippen LogP contribution in [0.15, 0.2) is 54.6 Å². The summed E-state index contributed by atoms with van der Waals surface area (Å²) in [5, 5.41) is 23.8. The molecule has 3 unspecified atom stereocenters. The molecule has 0 spiro atoms. The zero-order chi connectivity index (χ0) is 17.8. The number of rotatable bonds is 5. The summed E-state index contributed by atoms with van der Waals surface area (Å²) in [5.41, 5.74) is 0.235. The number of nitro benzene ring substituents is 1. The van der Waals surface area contributed by atoms with Gasteiger partial charge in [0, 0.05) is 17.7 Å². The molecular formula is C18H18N2O5. The average Bonchev–Trinajstić information content (AvgIpc) is 2.96. The van der Waals surface area contributed by atoms with Gasteiger partial charge in [0.15, 0.2) is 0 Å². The molecular weight excluding hydrogens is 324 g/mol. The number of nitrogens with one attached hydrogen (secondary N) is 1. The van der Waals surface area contributed by atoms with Gasteiger partial charge in [-0.3, -0.25) is 14.9 Å². The van der Waals surface area contributed by atoms with Crippen molar-refractivity contribution in [2.45, 2.75) is 31.1 Å². The summed E-state index contributed by atoms with van der Waals surface area (Å²) in [6.45, 7) is 0. The lowest BCUT2D eigenvalue weighted by Crippen LogP contribution is -2.44. The number of para-hydroxylation sites is 1. The maximum atomic E-state index is 12.3. The Labute approximate surface area is 144 Å².